The van der Waals surface area contributed by atoms with Crippen molar-refractivity contribution in [2.45, 2.75) is 30.5 Å². The van der Waals surface area contributed by atoms with Crippen molar-refractivity contribution in [3.05, 3.63) is 35.9 Å². The molecule has 0 aromatic heterocycles. The lowest BCUT2D eigenvalue weighted by atomic mass is 9.68. The molecule has 1 aliphatic carbocycles. The van der Waals surface area contributed by atoms with Crippen LogP contribution in [0.2, 0.25) is 0 Å². The fourth-order valence-electron chi connectivity index (χ4n) is 2.88. The minimum Gasteiger partial charge on any atom is -0.461 e. The molecule has 1 heterocycles. The van der Waals surface area contributed by atoms with Crippen LogP contribution in [0.4, 0.5) is 4.79 Å². The number of likely N-dealkylation sites (tertiary alicyclic amines) is 1. The standard InChI is InChI=1S/C15H16BrNO4/c1-9(18)21-14-11-7-17(13(11)12(14)16)15(19)20-8-10-5-3-2-4-6-10/h2-6,11-14H,7-8H2,1H3/t11-,12-,13+,14-/m0/s1. The highest BCUT2D eigenvalue weighted by molar-refractivity contribution is 9.09. The zero-order valence-electron chi connectivity index (χ0n) is 11.6. The van der Waals surface area contributed by atoms with Gasteiger partial charge in [0.15, 0.2) is 0 Å². The number of carbonyl (C=O) groups is 2. The maximum Gasteiger partial charge on any atom is 0.410 e. The van der Waals surface area contributed by atoms with E-state index in [1.54, 1.807) is 4.90 Å². The van der Waals surface area contributed by atoms with Crippen molar-refractivity contribution in [1.82, 2.24) is 4.90 Å². The van der Waals surface area contributed by atoms with Crippen molar-refractivity contribution < 1.29 is 19.1 Å². The van der Waals surface area contributed by atoms with Gasteiger partial charge in [-0.1, -0.05) is 46.3 Å². The molecule has 21 heavy (non-hydrogen) atoms. The predicted molar refractivity (Wildman–Crippen MR) is 78.9 cm³/mol. The quantitative estimate of drug-likeness (QED) is 0.618. The number of piperidine rings is 1. The van der Waals surface area contributed by atoms with Crippen molar-refractivity contribution in [2.24, 2.45) is 5.92 Å². The molecule has 1 saturated heterocycles. The number of benzene rings is 1. The number of carbonyl (C=O) groups excluding carboxylic acids is 2. The van der Waals surface area contributed by atoms with E-state index in [1.165, 1.54) is 6.92 Å². The van der Waals surface area contributed by atoms with Gasteiger partial charge in [-0.25, -0.2) is 4.79 Å². The van der Waals surface area contributed by atoms with Gasteiger partial charge < -0.3 is 14.4 Å². The molecule has 1 saturated carbocycles. The molecular formula is C15H16BrNO4. The van der Waals surface area contributed by atoms with Gasteiger partial charge in [-0.15, -0.1) is 0 Å². The molecule has 1 aromatic carbocycles. The van der Waals surface area contributed by atoms with Gasteiger partial charge >= 0.3 is 12.1 Å². The first-order chi connectivity index (χ1) is 10.1. The van der Waals surface area contributed by atoms with Crippen LogP contribution in [-0.4, -0.2) is 40.5 Å². The summed E-state index contributed by atoms with van der Waals surface area (Å²) in [7, 11) is 0. The van der Waals surface area contributed by atoms with Gasteiger partial charge in [0.2, 0.25) is 0 Å². The largest absolute Gasteiger partial charge is 0.461 e. The fraction of sp³-hybridized carbons (Fsp3) is 0.467. The number of hydrogen-bond acceptors (Lipinski definition) is 4. The summed E-state index contributed by atoms with van der Waals surface area (Å²) in [6.07, 6.45) is -0.448. The molecule has 0 spiro atoms. The molecule has 3 rings (SSSR count). The molecule has 112 valence electrons. The Labute approximate surface area is 131 Å². The third kappa shape index (κ3) is 2.64. The lowest BCUT2D eigenvalue weighted by Crippen LogP contribution is -2.77. The van der Waals surface area contributed by atoms with E-state index in [4.69, 9.17) is 9.47 Å². The van der Waals surface area contributed by atoms with Gasteiger partial charge in [-0.3, -0.25) is 4.79 Å². The molecule has 6 heteroatoms. The Bertz CT molecular complexity index is 544. The van der Waals surface area contributed by atoms with Gasteiger partial charge in [0.1, 0.15) is 12.7 Å². The maximum absolute atomic E-state index is 12.0. The van der Waals surface area contributed by atoms with Crippen LogP contribution in [-0.2, 0) is 20.9 Å². The Morgan fingerprint density at radius 2 is 2.05 bits per heavy atom. The summed E-state index contributed by atoms with van der Waals surface area (Å²) in [5.41, 5.74) is 0.963. The van der Waals surface area contributed by atoms with E-state index in [-0.39, 0.29) is 41.6 Å². The highest BCUT2D eigenvalue weighted by atomic mass is 79.9. The average molecular weight is 354 g/mol. The van der Waals surface area contributed by atoms with Gasteiger partial charge in [-0.2, -0.15) is 0 Å². The average Bonchev–Trinajstić information content (AvgIpc) is 2.44. The molecule has 0 unspecified atom stereocenters. The van der Waals surface area contributed by atoms with Gasteiger partial charge in [-0.05, 0) is 5.56 Å². The number of alkyl halides is 1. The predicted octanol–water partition coefficient (Wildman–Crippen LogP) is 2.33. The van der Waals surface area contributed by atoms with Crippen molar-refractivity contribution >= 4 is 28.0 Å². The van der Waals surface area contributed by atoms with Crippen molar-refractivity contribution in [3.63, 3.8) is 0 Å². The van der Waals surface area contributed by atoms with Crippen molar-refractivity contribution in [2.75, 3.05) is 6.54 Å². The second-order valence-corrected chi connectivity index (χ2v) is 6.42. The Kier molecular flexibility index (Phi) is 3.89. The Hall–Kier alpha value is -1.56. The van der Waals surface area contributed by atoms with Gasteiger partial charge in [0, 0.05) is 19.4 Å². The highest BCUT2D eigenvalue weighted by Gasteiger charge is 2.63. The number of ether oxygens (including phenoxy) is 2. The van der Waals surface area contributed by atoms with Crippen molar-refractivity contribution in [1.29, 1.82) is 0 Å². The summed E-state index contributed by atoms with van der Waals surface area (Å²) in [6, 6.07) is 9.64. The van der Waals surface area contributed by atoms with Crippen LogP contribution in [0.25, 0.3) is 0 Å². The molecule has 0 radical (unpaired) electrons. The molecule has 1 amide bonds. The Morgan fingerprint density at radius 3 is 2.67 bits per heavy atom. The minimum atomic E-state index is -0.314. The number of nitrogens with zero attached hydrogens (tertiary/aromatic N) is 1. The molecule has 2 aliphatic rings. The molecule has 5 nitrogen and oxygen atoms in total. The van der Waals surface area contributed by atoms with E-state index in [0.29, 0.717) is 6.54 Å². The number of halogens is 1. The third-order valence-electron chi connectivity index (χ3n) is 4.01. The van der Waals surface area contributed by atoms with E-state index in [2.05, 4.69) is 15.9 Å². The Morgan fingerprint density at radius 1 is 1.33 bits per heavy atom. The zero-order chi connectivity index (χ0) is 15.0. The third-order valence-corrected chi connectivity index (χ3v) is 5.07. The first-order valence-corrected chi connectivity index (χ1v) is 7.78. The summed E-state index contributed by atoms with van der Waals surface area (Å²) >= 11 is 3.49. The van der Waals surface area contributed by atoms with E-state index in [1.807, 2.05) is 30.3 Å². The van der Waals surface area contributed by atoms with E-state index < -0.39 is 0 Å². The summed E-state index contributed by atoms with van der Waals surface area (Å²) in [5.74, 6) is -0.0597. The van der Waals surface area contributed by atoms with Gasteiger partial charge in [0.25, 0.3) is 0 Å². The second kappa shape index (κ2) is 5.67. The normalized spacial score (nSPS) is 29.7. The fourth-order valence-corrected chi connectivity index (χ4v) is 4.06. The number of rotatable bonds is 3. The molecule has 1 aromatic rings. The first kappa shape index (κ1) is 14.4. The van der Waals surface area contributed by atoms with E-state index in [0.717, 1.165) is 5.56 Å². The lowest BCUT2D eigenvalue weighted by Gasteiger charge is -2.61. The number of hydrogen-bond donors (Lipinski definition) is 0. The summed E-state index contributed by atoms with van der Waals surface area (Å²) in [4.78, 5) is 24.7. The van der Waals surface area contributed by atoms with Gasteiger partial charge in [0.05, 0.1) is 10.9 Å². The second-order valence-electron chi connectivity index (χ2n) is 5.37. The van der Waals surface area contributed by atoms with Crippen LogP contribution in [0.1, 0.15) is 12.5 Å². The first-order valence-electron chi connectivity index (χ1n) is 6.86. The molecule has 0 N–H and O–H groups in total. The van der Waals surface area contributed by atoms with Crippen LogP contribution < -0.4 is 0 Å². The molecule has 1 aliphatic heterocycles. The van der Waals surface area contributed by atoms with Crippen LogP contribution in [0.15, 0.2) is 30.3 Å². The monoisotopic (exact) mass is 353 g/mol. The number of fused-ring (bicyclic) bond motifs is 1. The molecular weight excluding hydrogens is 338 g/mol. The number of amides is 1. The van der Waals surface area contributed by atoms with Crippen LogP contribution >= 0.6 is 15.9 Å². The van der Waals surface area contributed by atoms with E-state index in [9.17, 15) is 9.59 Å². The van der Waals surface area contributed by atoms with Crippen LogP contribution in [0.5, 0.6) is 0 Å². The van der Waals surface area contributed by atoms with Crippen LogP contribution in [0.3, 0.4) is 0 Å². The Balaban J connectivity index is 1.49. The highest BCUT2D eigenvalue weighted by Crippen LogP contribution is 2.48. The summed E-state index contributed by atoms with van der Waals surface area (Å²) in [5, 5.41) is 0. The molecule has 0 bridgehead atoms. The summed E-state index contributed by atoms with van der Waals surface area (Å²) in [6.45, 7) is 2.25. The summed E-state index contributed by atoms with van der Waals surface area (Å²) < 4.78 is 10.5. The molecule has 2 fully saturated rings. The van der Waals surface area contributed by atoms with E-state index >= 15 is 0 Å². The smallest absolute Gasteiger partial charge is 0.410 e. The van der Waals surface area contributed by atoms with Crippen LogP contribution in [0, 0.1) is 5.92 Å². The number of esters is 1. The topological polar surface area (TPSA) is 55.8 Å². The zero-order valence-corrected chi connectivity index (χ0v) is 13.2. The van der Waals surface area contributed by atoms with Crippen molar-refractivity contribution in [3.8, 4) is 0 Å². The lowest BCUT2D eigenvalue weighted by molar-refractivity contribution is -0.177. The minimum absolute atomic E-state index is 0.00979. The molecule has 4 atom stereocenters. The SMILES string of the molecule is CC(=O)O[C@@H]1[C@@H](Br)[C@H]2[C@@H]1CN2C(=O)OCc1ccccc1. The maximum atomic E-state index is 12.0.